The van der Waals surface area contributed by atoms with Gasteiger partial charge in [0.1, 0.15) is 0 Å². The van der Waals surface area contributed by atoms with Crippen molar-refractivity contribution in [2.45, 2.75) is 93.4 Å². The number of rotatable bonds is 10. The maximum atomic E-state index is 11.9. The largest absolute Gasteiger partial charge is 0.354 e. The number of aromatic amines is 2. The number of H-pyrrole nitrogens is 2. The number of hydrogen-bond acceptors (Lipinski definition) is 4. The molecule has 2 aliphatic heterocycles. The average Bonchev–Trinajstić information content (AvgIpc) is 3.84. The van der Waals surface area contributed by atoms with E-state index in [-0.39, 0.29) is 12.3 Å². The molecule has 58 heavy (non-hydrogen) atoms. The molecule has 0 saturated carbocycles. The van der Waals surface area contributed by atoms with E-state index in [9.17, 15) is 28.7 Å². The summed E-state index contributed by atoms with van der Waals surface area (Å²) in [4.78, 5) is 57.4. The van der Waals surface area contributed by atoms with Crippen LogP contribution in [-0.4, -0.2) is 39.5 Å². The fraction of sp³-hybridized carbons (Fsp3) is 0.304. The van der Waals surface area contributed by atoms with Gasteiger partial charge in [0.05, 0.1) is 46.1 Å². The second-order valence-corrected chi connectivity index (χ2v) is 18.7. The van der Waals surface area contributed by atoms with Crippen molar-refractivity contribution in [2.75, 3.05) is 0 Å². The number of nitrogens with zero attached hydrogens (tertiary/aromatic N) is 2. The molecule has 0 spiro atoms. The van der Waals surface area contributed by atoms with Crippen molar-refractivity contribution in [3.8, 4) is 22.3 Å². The van der Waals surface area contributed by atoms with Crippen LogP contribution in [0.15, 0.2) is 60.7 Å². The summed E-state index contributed by atoms with van der Waals surface area (Å²) in [6.07, 6.45) is 2.37. The van der Waals surface area contributed by atoms with Crippen LogP contribution in [0, 0.1) is 13.8 Å². The predicted molar refractivity (Wildman–Crippen MR) is 237 cm³/mol. The Bertz CT molecular complexity index is 2610. The Morgan fingerprint density at radius 1 is 0.534 bits per heavy atom. The summed E-state index contributed by atoms with van der Waals surface area (Å²) in [5.41, 5.74) is 20.9. The van der Waals surface area contributed by atoms with Gasteiger partial charge >= 0.3 is 15.2 Å². The molecule has 8 bridgehead atoms. The SMILES string of the molecule is CCC1=C(C)c2cc3nc(c(-c4ccc(CP(=O)(O)O)cc4)c4[nH]c(cc5[nH]c(c(C)c5CC)c(-c5ccc(CP(=O)(O)O)cc5)c1n2)c(CC)c4C)C(CC)=C3C. The van der Waals surface area contributed by atoms with E-state index < -0.39 is 15.2 Å². The van der Waals surface area contributed by atoms with Gasteiger partial charge in [-0.1, -0.05) is 76.2 Å². The number of hydrogen-bond donors (Lipinski definition) is 6. The van der Waals surface area contributed by atoms with Crippen molar-refractivity contribution in [1.29, 1.82) is 0 Å². The molecule has 0 aliphatic carbocycles. The van der Waals surface area contributed by atoms with Crippen LogP contribution in [0.2, 0.25) is 0 Å². The van der Waals surface area contributed by atoms with E-state index in [4.69, 9.17) is 9.97 Å². The molecule has 302 valence electrons. The quantitative estimate of drug-likeness (QED) is 0.0756. The third-order valence-corrected chi connectivity index (χ3v) is 13.3. The molecular weight excluding hydrogens is 766 g/mol. The molecule has 3 aromatic heterocycles. The number of fused-ring (bicyclic) bond motifs is 8. The molecule has 10 nitrogen and oxygen atoms in total. The van der Waals surface area contributed by atoms with Gasteiger partial charge in [0, 0.05) is 22.2 Å². The van der Waals surface area contributed by atoms with E-state index in [0.29, 0.717) is 11.1 Å². The summed E-state index contributed by atoms with van der Waals surface area (Å²) < 4.78 is 23.8. The highest BCUT2D eigenvalue weighted by molar-refractivity contribution is 7.51. The van der Waals surface area contributed by atoms with Gasteiger partial charge in [-0.15, -0.1) is 0 Å². The van der Waals surface area contributed by atoms with Gasteiger partial charge in [-0.2, -0.15) is 0 Å². The molecule has 2 aliphatic rings. The molecule has 5 heterocycles. The second kappa shape index (κ2) is 15.8. The third kappa shape index (κ3) is 7.78. The van der Waals surface area contributed by atoms with E-state index in [1.165, 1.54) is 11.1 Å². The van der Waals surface area contributed by atoms with Crippen LogP contribution in [0.4, 0.5) is 0 Å². The topological polar surface area (TPSA) is 172 Å². The lowest BCUT2D eigenvalue weighted by Gasteiger charge is -2.11. The minimum absolute atomic E-state index is 0.331. The summed E-state index contributed by atoms with van der Waals surface area (Å²) in [6, 6.07) is 19.2. The van der Waals surface area contributed by atoms with Crippen LogP contribution in [0.3, 0.4) is 0 Å². The molecule has 0 atom stereocenters. The Balaban J connectivity index is 1.67. The van der Waals surface area contributed by atoms with Crippen LogP contribution in [0.25, 0.3) is 66.6 Å². The minimum atomic E-state index is -4.25. The van der Waals surface area contributed by atoms with Gasteiger partial charge < -0.3 is 29.5 Å². The Morgan fingerprint density at radius 3 is 1.21 bits per heavy atom. The fourth-order valence-corrected chi connectivity index (χ4v) is 10.2. The van der Waals surface area contributed by atoms with Crippen molar-refractivity contribution in [1.82, 2.24) is 19.9 Å². The lowest BCUT2D eigenvalue weighted by molar-refractivity contribution is 0.369. The van der Waals surface area contributed by atoms with Crippen LogP contribution in [-0.2, 0) is 34.3 Å². The summed E-state index contributed by atoms with van der Waals surface area (Å²) >= 11 is 0. The molecule has 0 radical (unpaired) electrons. The number of allylic oxidation sites excluding steroid dienone is 4. The first-order chi connectivity index (χ1) is 27.5. The summed E-state index contributed by atoms with van der Waals surface area (Å²) in [5.74, 6) is 0. The van der Waals surface area contributed by atoms with Gasteiger partial charge in [-0.25, -0.2) is 9.97 Å². The fourth-order valence-electron chi connectivity index (χ4n) is 8.84. The number of benzene rings is 2. The minimum Gasteiger partial charge on any atom is -0.354 e. The zero-order valence-electron chi connectivity index (χ0n) is 34.4. The monoisotopic (exact) mass is 818 g/mol. The molecule has 7 rings (SSSR count). The highest BCUT2D eigenvalue weighted by Crippen LogP contribution is 2.45. The zero-order valence-corrected chi connectivity index (χ0v) is 36.2. The molecule has 0 unspecified atom stereocenters. The summed E-state index contributed by atoms with van der Waals surface area (Å²) in [5, 5.41) is 0. The molecule has 5 aromatic rings. The van der Waals surface area contributed by atoms with Crippen molar-refractivity contribution in [3.63, 3.8) is 0 Å². The van der Waals surface area contributed by atoms with Gasteiger partial charge in [0.25, 0.3) is 0 Å². The highest BCUT2D eigenvalue weighted by Gasteiger charge is 2.27. The third-order valence-electron chi connectivity index (χ3n) is 11.7. The van der Waals surface area contributed by atoms with E-state index in [1.54, 1.807) is 24.3 Å². The van der Waals surface area contributed by atoms with Gasteiger partial charge in [-0.05, 0) is 132 Å². The first-order valence-corrected chi connectivity index (χ1v) is 23.5. The average molecular weight is 819 g/mol. The Morgan fingerprint density at radius 2 is 0.897 bits per heavy atom. The Labute approximate surface area is 339 Å². The standard InChI is InChI=1S/C46H52N4O6P2/c1-9-33-27(7)43-41(31-17-13-29(14-18-31)23-57(51,52)53)45-35(11-3)25(5)37(47-45)21-38-26(6)36(12-4)46(48-38)42(32-19-15-30(16-20-32)24-58(54,55)56)44-28(8)34(10-2)40(50-44)22-39(33)49-43/h13-22,49-50H,9-12,23-24H2,1-8H3,(H2,51,52,53)(H2,54,55,56). The normalized spacial score (nSPS) is 13.6. The van der Waals surface area contributed by atoms with Crippen LogP contribution in [0.5, 0.6) is 0 Å². The van der Waals surface area contributed by atoms with Crippen molar-refractivity contribution in [3.05, 3.63) is 117 Å². The predicted octanol–water partition coefficient (Wildman–Crippen LogP) is 11.4. The Kier molecular flexibility index (Phi) is 11.3. The number of aryl methyl sites for hydroxylation is 4. The maximum Gasteiger partial charge on any atom is 0.329 e. The zero-order chi connectivity index (χ0) is 41.8. The van der Waals surface area contributed by atoms with Crippen molar-refractivity contribution >= 4 is 59.6 Å². The first-order valence-electron chi connectivity index (χ1n) is 19.9. The van der Waals surface area contributed by atoms with E-state index in [1.807, 2.05) is 24.3 Å². The molecular formula is C46H52N4O6P2. The molecule has 12 heteroatoms. The summed E-state index contributed by atoms with van der Waals surface area (Å²) in [6.45, 7) is 17.1. The van der Waals surface area contributed by atoms with Gasteiger partial charge in [-0.3, -0.25) is 9.13 Å². The Hall–Kier alpha value is -4.66. The van der Waals surface area contributed by atoms with Gasteiger partial charge in [0.2, 0.25) is 0 Å². The lowest BCUT2D eigenvalue weighted by atomic mass is 9.94. The molecule has 0 amide bonds. The van der Waals surface area contributed by atoms with E-state index >= 15 is 0 Å². The van der Waals surface area contributed by atoms with Crippen LogP contribution in [0.1, 0.15) is 111 Å². The smallest absolute Gasteiger partial charge is 0.329 e. The molecule has 0 fully saturated rings. The molecule has 2 aromatic carbocycles. The summed E-state index contributed by atoms with van der Waals surface area (Å²) in [7, 11) is -8.50. The highest BCUT2D eigenvalue weighted by atomic mass is 31.2. The lowest BCUT2D eigenvalue weighted by Crippen LogP contribution is -1.92. The number of nitrogens with one attached hydrogen (secondary N) is 2. The van der Waals surface area contributed by atoms with Crippen molar-refractivity contribution in [2.24, 2.45) is 0 Å². The van der Waals surface area contributed by atoms with Crippen LogP contribution < -0.4 is 0 Å². The van der Waals surface area contributed by atoms with Gasteiger partial charge in [0.15, 0.2) is 0 Å². The second-order valence-electron chi connectivity index (χ2n) is 15.4. The van der Waals surface area contributed by atoms with Crippen LogP contribution >= 0.6 is 15.2 Å². The molecule has 0 saturated heterocycles. The van der Waals surface area contributed by atoms with E-state index in [2.05, 4.69) is 77.5 Å². The molecule has 6 N–H and O–H groups in total. The maximum absolute atomic E-state index is 11.9. The van der Waals surface area contributed by atoms with Crippen molar-refractivity contribution < 1.29 is 28.7 Å². The first kappa shape index (κ1) is 41.5. The van der Waals surface area contributed by atoms with E-state index in [0.717, 1.165) is 126 Å². The number of aromatic nitrogens is 4.